The number of rotatable bonds is 4. The minimum Gasteiger partial charge on any atom is -0.485 e. The van der Waals surface area contributed by atoms with E-state index >= 15 is 0 Å². The van der Waals surface area contributed by atoms with Crippen LogP contribution in [0.4, 0.5) is 0 Å². The highest BCUT2D eigenvalue weighted by Gasteiger charge is 2.31. The Bertz CT molecular complexity index is 540. The average molecular weight is 320 g/mol. The molecule has 0 aromatic heterocycles. The lowest BCUT2D eigenvalue weighted by atomic mass is 9.99. The summed E-state index contributed by atoms with van der Waals surface area (Å²) in [7, 11) is 0. The highest BCUT2D eigenvalue weighted by Crippen LogP contribution is 2.31. The number of carbonyl (C=O) groups is 1. The van der Waals surface area contributed by atoms with Crippen LogP contribution in [-0.2, 0) is 9.53 Å². The van der Waals surface area contributed by atoms with Crippen LogP contribution in [0.25, 0.3) is 0 Å². The van der Waals surface area contributed by atoms with Crippen molar-refractivity contribution in [2.75, 3.05) is 26.2 Å². The quantitative estimate of drug-likeness (QED) is 0.843. The van der Waals surface area contributed by atoms with Gasteiger partial charge in [0, 0.05) is 0 Å². The van der Waals surface area contributed by atoms with Crippen molar-refractivity contribution in [1.29, 1.82) is 0 Å². The van der Waals surface area contributed by atoms with E-state index in [1.807, 2.05) is 25.1 Å². The Labute approximate surface area is 137 Å². The predicted octanol–water partition coefficient (Wildman–Crippen LogP) is 1.07. The second-order valence-corrected chi connectivity index (χ2v) is 6.75. The molecule has 1 aromatic rings. The number of carbonyl (C=O) groups excluding carboxylic acids is 1. The number of hydrogen-bond donors (Lipinski definition) is 1. The number of nitrogens with one attached hydrogen (secondary N) is 1. The summed E-state index contributed by atoms with van der Waals surface area (Å²) in [5.74, 6) is 1.77. The lowest BCUT2D eigenvalue weighted by Crippen LogP contribution is -3.14. The van der Waals surface area contributed by atoms with Gasteiger partial charge in [-0.2, -0.15) is 0 Å². The number of para-hydroxylation sites is 2. The molecule has 0 bridgehead atoms. The molecule has 0 saturated carbocycles. The maximum Gasteiger partial charge on any atom is 0.351 e. The fraction of sp³-hybridized carbons (Fsp3) is 0.611. The molecule has 0 amide bonds. The monoisotopic (exact) mass is 320 g/mol. The molecule has 0 radical (unpaired) electrons. The molecule has 3 rings (SSSR count). The van der Waals surface area contributed by atoms with E-state index in [1.165, 1.54) is 30.8 Å². The number of benzene rings is 1. The molecule has 126 valence electrons. The third kappa shape index (κ3) is 4.16. The van der Waals surface area contributed by atoms with E-state index < -0.39 is 6.10 Å². The Morgan fingerprint density at radius 3 is 2.74 bits per heavy atom. The summed E-state index contributed by atoms with van der Waals surface area (Å²) >= 11 is 0. The van der Waals surface area contributed by atoms with Gasteiger partial charge < -0.3 is 19.1 Å². The molecule has 2 heterocycles. The number of fused-ring (bicyclic) bond motifs is 1. The summed E-state index contributed by atoms with van der Waals surface area (Å²) in [4.78, 5) is 13.8. The molecular weight excluding hydrogens is 294 g/mol. The van der Waals surface area contributed by atoms with Gasteiger partial charge in [-0.25, -0.2) is 4.79 Å². The second kappa shape index (κ2) is 7.21. The van der Waals surface area contributed by atoms with Gasteiger partial charge in [-0.05, 0) is 37.8 Å². The highest BCUT2D eigenvalue weighted by molar-refractivity contribution is 5.76. The first-order chi connectivity index (χ1) is 11.1. The number of hydrogen-bond acceptors (Lipinski definition) is 4. The van der Waals surface area contributed by atoms with Crippen LogP contribution in [0.3, 0.4) is 0 Å². The van der Waals surface area contributed by atoms with Crippen LogP contribution in [0.15, 0.2) is 24.3 Å². The van der Waals surface area contributed by atoms with Gasteiger partial charge in [-0.15, -0.1) is 0 Å². The molecule has 0 aliphatic carbocycles. The normalized spacial score (nSPS) is 28.0. The van der Waals surface area contributed by atoms with Crippen LogP contribution in [0.2, 0.25) is 0 Å². The van der Waals surface area contributed by atoms with Crippen molar-refractivity contribution in [1.82, 2.24) is 0 Å². The van der Waals surface area contributed by atoms with Crippen molar-refractivity contribution in [3.05, 3.63) is 24.3 Å². The predicted molar refractivity (Wildman–Crippen MR) is 85.9 cm³/mol. The molecule has 1 saturated heterocycles. The van der Waals surface area contributed by atoms with Gasteiger partial charge in [-0.1, -0.05) is 19.1 Å². The molecular formula is C18H26NO4+. The zero-order chi connectivity index (χ0) is 16.2. The second-order valence-electron chi connectivity index (χ2n) is 6.75. The number of quaternary nitrogens is 1. The van der Waals surface area contributed by atoms with Crippen molar-refractivity contribution in [3.63, 3.8) is 0 Å². The van der Waals surface area contributed by atoms with E-state index in [0.717, 1.165) is 12.5 Å². The lowest BCUT2D eigenvalue weighted by molar-refractivity contribution is -0.908. The largest absolute Gasteiger partial charge is 0.485 e. The third-order valence-corrected chi connectivity index (χ3v) is 4.65. The van der Waals surface area contributed by atoms with Gasteiger partial charge in [0.25, 0.3) is 0 Å². The maximum atomic E-state index is 12.3. The molecule has 0 spiro atoms. The first-order valence-electron chi connectivity index (χ1n) is 8.54. The molecule has 2 atom stereocenters. The molecule has 5 nitrogen and oxygen atoms in total. The zero-order valence-corrected chi connectivity index (χ0v) is 13.9. The van der Waals surface area contributed by atoms with Crippen LogP contribution >= 0.6 is 0 Å². The number of ether oxygens (including phenoxy) is 3. The topological polar surface area (TPSA) is 49.2 Å². The Morgan fingerprint density at radius 2 is 2.00 bits per heavy atom. The molecule has 2 aliphatic heterocycles. The van der Waals surface area contributed by atoms with E-state index in [9.17, 15) is 4.79 Å². The van der Waals surface area contributed by atoms with Gasteiger partial charge in [0.2, 0.25) is 6.10 Å². The van der Waals surface area contributed by atoms with Gasteiger partial charge in [0.15, 0.2) is 11.5 Å². The van der Waals surface area contributed by atoms with Crippen LogP contribution in [0, 0.1) is 5.92 Å². The van der Waals surface area contributed by atoms with Gasteiger partial charge in [-0.3, -0.25) is 0 Å². The van der Waals surface area contributed by atoms with Crippen LogP contribution in [0.5, 0.6) is 11.5 Å². The summed E-state index contributed by atoms with van der Waals surface area (Å²) in [5, 5.41) is 0. The Balaban J connectivity index is 1.47. The summed E-state index contributed by atoms with van der Waals surface area (Å²) < 4.78 is 16.8. The van der Waals surface area contributed by atoms with E-state index in [2.05, 4.69) is 6.92 Å². The van der Waals surface area contributed by atoms with Crippen LogP contribution in [0.1, 0.15) is 26.7 Å². The fourth-order valence-electron chi connectivity index (χ4n) is 3.23. The average Bonchev–Trinajstić information content (AvgIpc) is 2.56. The van der Waals surface area contributed by atoms with Crippen LogP contribution in [-0.4, -0.2) is 44.4 Å². The standard InChI is InChI=1S/C18H25NO4/c1-13-7-9-19(10-8-13)11-14(2)22-18(20)17-12-21-15-5-3-4-6-16(15)23-17/h3-6,13-14,17H,7-12H2,1-2H3/p+1. The minimum absolute atomic E-state index is 0.105. The molecule has 1 aromatic carbocycles. The van der Waals surface area contributed by atoms with Crippen molar-refractivity contribution in [2.24, 2.45) is 5.92 Å². The fourth-order valence-corrected chi connectivity index (χ4v) is 3.23. The summed E-state index contributed by atoms with van der Waals surface area (Å²) in [6.07, 6.45) is 1.73. The van der Waals surface area contributed by atoms with Crippen molar-refractivity contribution < 1.29 is 23.9 Å². The summed E-state index contributed by atoms with van der Waals surface area (Å²) in [6, 6.07) is 7.38. The molecule has 23 heavy (non-hydrogen) atoms. The van der Waals surface area contributed by atoms with E-state index in [-0.39, 0.29) is 18.7 Å². The summed E-state index contributed by atoms with van der Waals surface area (Å²) in [5.41, 5.74) is 0. The maximum absolute atomic E-state index is 12.3. The van der Waals surface area contributed by atoms with Gasteiger partial charge >= 0.3 is 5.97 Å². The first-order valence-corrected chi connectivity index (χ1v) is 8.54. The number of likely N-dealkylation sites (tertiary alicyclic amines) is 1. The molecule has 5 heteroatoms. The lowest BCUT2D eigenvalue weighted by Gasteiger charge is -2.30. The zero-order valence-electron chi connectivity index (χ0n) is 13.9. The van der Waals surface area contributed by atoms with Crippen LogP contribution < -0.4 is 14.4 Å². The van der Waals surface area contributed by atoms with E-state index in [0.29, 0.717) is 11.5 Å². The van der Waals surface area contributed by atoms with E-state index in [1.54, 1.807) is 6.07 Å². The first kappa shape index (κ1) is 16.1. The Hall–Kier alpha value is -1.75. The SMILES string of the molecule is CC1CC[NH+](CC(C)OC(=O)C2COc3ccccc3O2)CC1. The third-order valence-electron chi connectivity index (χ3n) is 4.65. The van der Waals surface area contributed by atoms with Crippen molar-refractivity contribution in [2.45, 2.75) is 38.9 Å². The molecule has 2 aliphatic rings. The molecule has 2 unspecified atom stereocenters. The number of esters is 1. The smallest absolute Gasteiger partial charge is 0.351 e. The number of piperidine rings is 1. The van der Waals surface area contributed by atoms with Crippen molar-refractivity contribution in [3.8, 4) is 11.5 Å². The van der Waals surface area contributed by atoms with Gasteiger partial charge in [0.05, 0.1) is 13.1 Å². The Morgan fingerprint density at radius 1 is 1.30 bits per heavy atom. The minimum atomic E-state index is -0.677. The summed E-state index contributed by atoms with van der Waals surface area (Å²) in [6.45, 7) is 7.66. The molecule has 1 fully saturated rings. The molecule has 1 N–H and O–H groups in total. The highest BCUT2D eigenvalue weighted by atomic mass is 16.6. The van der Waals surface area contributed by atoms with Crippen molar-refractivity contribution >= 4 is 5.97 Å². The van der Waals surface area contributed by atoms with Gasteiger partial charge in [0.1, 0.15) is 19.3 Å². The Kier molecular flexibility index (Phi) is 5.06. The van der Waals surface area contributed by atoms with E-state index in [4.69, 9.17) is 14.2 Å².